The maximum absolute atomic E-state index is 6.03. The van der Waals surface area contributed by atoms with Crippen molar-refractivity contribution in [2.24, 2.45) is 0 Å². The fourth-order valence-corrected chi connectivity index (χ4v) is 3.12. The van der Waals surface area contributed by atoms with Gasteiger partial charge >= 0.3 is 0 Å². The first-order valence-corrected chi connectivity index (χ1v) is 7.95. The third-order valence-electron chi connectivity index (χ3n) is 4.54. The van der Waals surface area contributed by atoms with Crippen molar-refractivity contribution in [1.29, 1.82) is 0 Å². The molecule has 0 atom stereocenters. The number of anilines is 1. The van der Waals surface area contributed by atoms with Crippen LogP contribution in [0.4, 0.5) is 5.69 Å². The van der Waals surface area contributed by atoms with Crippen molar-refractivity contribution in [3.8, 4) is 0 Å². The van der Waals surface area contributed by atoms with Gasteiger partial charge in [0.25, 0.3) is 0 Å². The van der Waals surface area contributed by atoms with E-state index in [9.17, 15) is 0 Å². The molecule has 21 heavy (non-hydrogen) atoms. The van der Waals surface area contributed by atoms with Crippen LogP contribution in [0.2, 0.25) is 0 Å². The molecule has 0 unspecified atom stereocenters. The highest BCUT2D eigenvalue weighted by Gasteiger charge is 2.31. The molecule has 0 radical (unpaired) electrons. The van der Waals surface area contributed by atoms with Gasteiger partial charge in [-0.3, -0.25) is 9.88 Å². The molecule has 1 saturated heterocycles. The zero-order valence-electron chi connectivity index (χ0n) is 12.9. The van der Waals surface area contributed by atoms with Crippen molar-refractivity contribution in [3.05, 3.63) is 36.0 Å². The van der Waals surface area contributed by atoms with E-state index in [-0.39, 0.29) is 5.54 Å². The van der Waals surface area contributed by atoms with Crippen molar-refractivity contribution >= 4 is 28.2 Å². The Balaban J connectivity index is 2.07. The molecule has 0 spiro atoms. The van der Waals surface area contributed by atoms with Crippen LogP contribution in [-0.4, -0.2) is 42.1 Å². The highest BCUT2D eigenvalue weighted by molar-refractivity contribution is 6.17. The summed E-state index contributed by atoms with van der Waals surface area (Å²) in [7, 11) is 2.20. The fraction of sp³-hybridized carbons (Fsp3) is 0.471. The largest absolute Gasteiger partial charge is 0.368 e. The fourth-order valence-electron chi connectivity index (χ4n) is 2.99. The summed E-state index contributed by atoms with van der Waals surface area (Å²) < 4.78 is 0. The molecule has 1 aliphatic rings. The Hall–Kier alpha value is -1.32. The van der Waals surface area contributed by atoms with E-state index in [0.717, 1.165) is 30.8 Å². The van der Waals surface area contributed by atoms with E-state index in [0.29, 0.717) is 5.88 Å². The first-order chi connectivity index (χ1) is 10.0. The molecule has 1 aromatic carbocycles. The van der Waals surface area contributed by atoms with E-state index in [2.05, 4.69) is 59.9 Å². The number of piperazine rings is 1. The van der Waals surface area contributed by atoms with E-state index < -0.39 is 0 Å². The molecule has 4 heteroatoms. The van der Waals surface area contributed by atoms with Gasteiger partial charge in [0.05, 0.1) is 17.1 Å². The standard InChI is InChI=1S/C17H22ClN3/c1-17(2)12-21(9-8-20(17)3)16-10-13(11-18)19-15-7-5-4-6-14(15)16/h4-7,10H,8-9,11-12H2,1-3H3. The molecule has 0 saturated carbocycles. The van der Waals surface area contributed by atoms with Gasteiger partial charge in [-0.2, -0.15) is 0 Å². The average Bonchev–Trinajstić information content (AvgIpc) is 2.48. The molecule has 3 rings (SSSR count). The van der Waals surface area contributed by atoms with Crippen LogP contribution in [0.5, 0.6) is 0 Å². The number of nitrogens with zero attached hydrogens (tertiary/aromatic N) is 3. The van der Waals surface area contributed by atoms with E-state index in [4.69, 9.17) is 11.6 Å². The van der Waals surface area contributed by atoms with Crippen molar-refractivity contribution in [2.45, 2.75) is 25.3 Å². The number of halogens is 1. The molecule has 0 amide bonds. The summed E-state index contributed by atoms with van der Waals surface area (Å²) >= 11 is 6.03. The lowest BCUT2D eigenvalue weighted by atomic mass is 9.98. The van der Waals surface area contributed by atoms with E-state index in [1.807, 2.05) is 6.07 Å². The number of benzene rings is 1. The van der Waals surface area contributed by atoms with Gasteiger partial charge in [0.2, 0.25) is 0 Å². The molecule has 112 valence electrons. The van der Waals surface area contributed by atoms with Gasteiger partial charge in [-0.25, -0.2) is 0 Å². The lowest BCUT2D eigenvalue weighted by molar-refractivity contribution is 0.139. The lowest BCUT2D eigenvalue weighted by Crippen LogP contribution is -2.57. The molecular weight excluding hydrogens is 282 g/mol. The molecule has 3 nitrogen and oxygen atoms in total. The van der Waals surface area contributed by atoms with Crippen molar-refractivity contribution < 1.29 is 0 Å². The van der Waals surface area contributed by atoms with Gasteiger partial charge in [-0.15, -0.1) is 11.6 Å². The molecule has 1 aliphatic heterocycles. The number of para-hydroxylation sites is 1. The highest BCUT2D eigenvalue weighted by atomic mass is 35.5. The third kappa shape index (κ3) is 2.72. The van der Waals surface area contributed by atoms with Crippen LogP contribution in [0.15, 0.2) is 30.3 Å². The topological polar surface area (TPSA) is 19.4 Å². The number of aromatic nitrogens is 1. The number of pyridine rings is 1. The third-order valence-corrected chi connectivity index (χ3v) is 4.82. The summed E-state index contributed by atoms with van der Waals surface area (Å²) in [5, 5.41) is 1.21. The smallest absolute Gasteiger partial charge is 0.0726 e. The van der Waals surface area contributed by atoms with Crippen LogP contribution in [0.1, 0.15) is 19.5 Å². The van der Waals surface area contributed by atoms with Gasteiger partial charge < -0.3 is 4.90 Å². The van der Waals surface area contributed by atoms with Crippen LogP contribution < -0.4 is 4.90 Å². The van der Waals surface area contributed by atoms with Crippen LogP contribution in [0, 0.1) is 0 Å². The van der Waals surface area contributed by atoms with Gasteiger partial charge in [0.15, 0.2) is 0 Å². The second kappa shape index (κ2) is 5.47. The summed E-state index contributed by atoms with van der Waals surface area (Å²) in [6, 6.07) is 10.5. The summed E-state index contributed by atoms with van der Waals surface area (Å²) in [5.41, 5.74) is 3.41. The number of hydrogen-bond acceptors (Lipinski definition) is 3. The number of rotatable bonds is 2. The average molecular weight is 304 g/mol. The minimum absolute atomic E-state index is 0.170. The summed E-state index contributed by atoms with van der Waals surface area (Å²) in [5.74, 6) is 0.453. The van der Waals surface area contributed by atoms with Crippen LogP contribution in [0.3, 0.4) is 0 Å². The minimum Gasteiger partial charge on any atom is -0.368 e. The van der Waals surface area contributed by atoms with E-state index >= 15 is 0 Å². The first kappa shape index (κ1) is 14.6. The maximum atomic E-state index is 6.03. The van der Waals surface area contributed by atoms with Gasteiger partial charge in [0.1, 0.15) is 0 Å². The maximum Gasteiger partial charge on any atom is 0.0726 e. The molecule has 2 heterocycles. The molecule has 0 N–H and O–H groups in total. The van der Waals surface area contributed by atoms with E-state index in [1.54, 1.807) is 0 Å². The molecule has 0 aliphatic carbocycles. The normalized spacial score (nSPS) is 19.1. The Bertz CT molecular complexity index is 654. The van der Waals surface area contributed by atoms with Gasteiger partial charge in [-0.05, 0) is 33.0 Å². The second-order valence-electron chi connectivity index (χ2n) is 6.44. The molecule has 1 fully saturated rings. The van der Waals surface area contributed by atoms with Crippen molar-refractivity contribution in [3.63, 3.8) is 0 Å². The Morgan fingerprint density at radius 2 is 2.00 bits per heavy atom. The lowest BCUT2D eigenvalue weighted by Gasteiger charge is -2.46. The van der Waals surface area contributed by atoms with Crippen LogP contribution in [-0.2, 0) is 5.88 Å². The van der Waals surface area contributed by atoms with Crippen LogP contribution >= 0.6 is 11.6 Å². The zero-order valence-corrected chi connectivity index (χ0v) is 13.7. The second-order valence-corrected chi connectivity index (χ2v) is 6.71. The predicted octanol–water partition coefficient (Wildman–Crippen LogP) is 3.50. The Labute approximate surface area is 131 Å². The minimum atomic E-state index is 0.170. The van der Waals surface area contributed by atoms with Crippen molar-refractivity contribution in [1.82, 2.24) is 9.88 Å². The Morgan fingerprint density at radius 1 is 1.24 bits per heavy atom. The quantitative estimate of drug-likeness (QED) is 0.792. The summed E-state index contributed by atoms with van der Waals surface area (Å²) in [6.07, 6.45) is 0. The molecule has 2 aromatic rings. The molecular formula is C17H22ClN3. The first-order valence-electron chi connectivity index (χ1n) is 7.42. The molecule has 1 aromatic heterocycles. The number of hydrogen-bond donors (Lipinski definition) is 0. The summed E-state index contributed by atoms with van der Waals surface area (Å²) in [4.78, 5) is 9.53. The SMILES string of the molecule is CN1CCN(c2cc(CCl)nc3ccccc23)CC1(C)C. The van der Waals surface area contributed by atoms with E-state index in [1.165, 1.54) is 11.1 Å². The van der Waals surface area contributed by atoms with Gasteiger partial charge in [0, 0.05) is 36.2 Å². The Kier molecular flexibility index (Phi) is 3.80. The van der Waals surface area contributed by atoms with Crippen LogP contribution in [0.25, 0.3) is 10.9 Å². The number of fused-ring (bicyclic) bond motifs is 1. The highest BCUT2D eigenvalue weighted by Crippen LogP contribution is 2.31. The number of likely N-dealkylation sites (N-methyl/N-ethyl adjacent to an activating group) is 1. The van der Waals surface area contributed by atoms with Gasteiger partial charge in [-0.1, -0.05) is 18.2 Å². The number of alkyl halides is 1. The van der Waals surface area contributed by atoms with Crippen molar-refractivity contribution in [2.75, 3.05) is 31.6 Å². The zero-order chi connectivity index (χ0) is 15.0. The monoisotopic (exact) mass is 303 g/mol. The molecule has 0 bridgehead atoms. The Morgan fingerprint density at radius 3 is 2.71 bits per heavy atom. The predicted molar refractivity (Wildman–Crippen MR) is 90.2 cm³/mol. The summed E-state index contributed by atoms with van der Waals surface area (Å²) in [6.45, 7) is 7.71.